The number of para-hydroxylation sites is 1. The van der Waals surface area contributed by atoms with Crippen LogP contribution >= 0.6 is 0 Å². The Labute approximate surface area is 221 Å². The van der Waals surface area contributed by atoms with E-state index >= 15 is 0 Å². The van der Waals surface area contributed by atoms with E-state index in [2.05, 4.69) is 20.9 Å². The van der Waals surface area contributed by atoms with Gasteiger partial charge in [0, 0.05) is 22.9 Å². The first-order valence-electron chi connectivity index (χ1n) is 13.8. The molecule has 1 aromatic heterocycles. The predicted octanol–water partition coefficient (Wildman–Crippen LogP) is 4.91. The molecule has 1 aliphatic heterocycles. The quantitative estimate of drug-likeness (QED) is 0.337. The number of aliphatic hydroxyl groups is 1. The van der Waals surface area contributed by atoms with Crippen LogP contribution in [0.4, 0.5) is 14.9 Å². The van der Waals surface area contributed by atoms with Gasteiger partial charge in [-0.25, -0.2) is 14.2 Å². The molecule has 5 aliphatic rings. The SMILES string of the molecule is O=C(NCNC1C2CC3CC1CC(C(O)CC1c4c(F)cccc4-c4cncn41)(C3)C2)Nc1ccccc1. The van der Waals surface area contributed by atoms with Crippen molar-refractivity contribution in [2.45, 2.75) is 56.7 Å². The Balaban J connectivity index is 1.02. The molecule has 8 rings (SSSR count). The molecule has 2 amide bonds. The smallest absolute Gasteiger partial charge is 0.320 e. The van der Waals surface area contributed by atoms with E-state index in [-0.39, 0.29) is 23.3 Å². The van der Waals surface area contributed by atoms with E-state index in [4.69, 9.17) is 0 Å². The van der Waals surface area contributed by atoms with Crippen molar-refractivity contribution in [3.63, 3.8) is 0 Å². The van der Waals surface area contributed by atoms with Crippen LogP contribution in [-0.2, 0) is 0 Å². The Kier molecular flexibility index (Phi) is 5.78. The Morgan fingerprint density at radius 2 is 1.89 bits per heavy atom. The zero-order chi connectivity index (χ0) is 25.9. The number of carbonyl (C=O) groups is 1. The molecule has 4 saturated carbocycles. The van der Waals surface area contributed by atoms with Crippen LogP contribution in [0.25, 0.3) is 11.3 Å². The number of rotatable bonds is 7. The molecule has 2 aromatic carbocycles. The van der Waals surface area contributed by atoms with Crippen LogP contribution in [0.15, 0.2) is 61.1 Å². The molecule has 0 saturated heterocycles. The van der Waals surface area contributed by atoms with Crippen molar-refractivity contribution < 1.29 is 14.3 Å². The molecule has 8 heteroatoms. The number of fused-ring (bicyclic) bond motifs is 3. The first-order chi connectivity index (χ1) is 18.5. The lowest BCUT2D eigenvalue weighted by molar-refractivity contribution is -0.137. The van der Waals surface area contributed by atoms with E-state index in [9.17, 15) is 14.3 Å². The third-order valence-electron chi connectivity index (χ3n) is 9.76. The highest BCUT2D eigenvalue weighted by Gasteiger charge is 2.58. The molecule has 4 unspecified atom stereocenters. The summed E-state index contributed by atoms with van der Waals surface area (Å²) < 4.78 is 17.0. The third-order valence-corrected chi connectivity index (χ3v) is 9.76. The highest BCUT2D eigenvalue weighted by molar-refractivity contribution is 5.89. The average Bonchev–Trinajstić information content (AvgIpc) is 3.49. The largest absolute Gasteiger partial charge is 0.392 e. The van der Waals surface area contributed by atoms with Crippen LogP contribution in [0.5, 0.6) is 0 Å². The Bertz CT molecular complexity index is 1330. The molecule has 4 bridgehead atoms. The van der Waals surface area contributed by atoms with Gasteiger partial charge in [0.15, 0.2) is 0 Å². The molecule has 3 aromatic rings. The Morgan fingerprint density at radius 1 is 1.11 bits per heavy atom. The van der Waals surface area contributed by atoms with Crippen molar-refractivity contribution in [1.29, 1.82) is 0 Å². The fourth-order valence-electron chi connectivity index (χ4n) is 8.47. The summed E-state index contributed by atoms with van der Waals surface area (Å²) in [6.07, 6.45) is 8.91. The number of nitrogens with zero attached hydrogens (tertiary/aromatic N) is 2. The number of urea groups is 1. The van der Waals surface area contributed by atoms with Crippen molar-refractivity contribution in [1.82, 2.24) is 20.2 Å². The predicted molar refractivity (Wildman–Crippen MR) is 143 cm³/mol. The summed E-state index contributed by atoms with van der Waals surface area (Å²) >= 11 is 0. The Morgan fingerprint density at radius 3 is 2.68 bits per heavy atom. The van der Waals surface area contributed by atoms with E-state index in [0.717, 1.165) is 36.2 Å². The summed E-state index contributed by atoms with van der Waals surface area (Å²) in [5.74, 6) is 1.38. The highest BCUT2D eigenvalue weighted by Crippen LogP contribution is 2.62. The number of halogens is 1. The number of nitrogens with one attached hydrogen (secondary N) is 3. The van der Waals surface area contributed by atoms with E-state index in [1.807, 2.05) is 41.0 Å². The first kappa shape index (κ1) is 23.9. The van der Waals surface area contributed by atoms with Gasteiger partial charge in [-0.15, -0.1) is 0 Å². The van der Waals surface area contributed by atoms with Crippen molar-refractivity contribution in [2.24, 2.45) is 23.2 Å². The van der Waals surface area contributed by atoms with Crippen LogP contribution in [-0.4, -0.2) is 39.5 Å². The van der Waals surface area contributed by atoms with Gasteiger partial charge in [-0.2, -0.15) is 0 Å². The summed E-state index contributed by atoms with van der Waals surface area (Å²) in [6, 6.07) is 14.5. The fourth-order valence-corrected chi connectivity index (χ4v) is 8.47. The molecule has 4 fully saturated rings. The summed E-state index contributed by atoms with van der Waals surface area (Å²) in [5, 5.41) is 21.2. The topological polar surface area (TPSA) is 91.2 Å². The lowest BCUT2D eigenvalue weighted by Crippen LogP contribution is -2.62. The molecule has 4 N–H and O–H groups in total. The highest BCUT2D eigenvalue weighted by atomic mass is 19.1. The van der Waals surface area contributed by atoms with Gasteiger partial charge in [0.25, 0.3) is 0 Å². The number of imidazole rings is 1. The Hall–Kier alpha value is -3.23. The van der Waals surface area contributed by atoms with Gasteiger partial charge in [-0.3, -0.25) is 5.32 Å². The molecule has 198 valence electrons. The number of hydrogen-bond acceptors (Lipinski definition) is 4. The second kappa shape index (κ2) is 9.20. The summed E-state index contributed by atoms with van der Waals surface area (Å²) in [5.41, 5.74) is 3.14. The number of carbonyl (C=O) groups excluding carboxylic acids is 1. The summed E-state index contributed by atoms with van der Waals surface area (Å²) in [7, 11) is 0. The second-order valence-electron chi connectivity index (χ2n) is 11.9. The number of anilines is 1. The maximum atomic E-state index is 15.0. The van der Waals surface area contributed by atoms with Crippen molar-refractivity contribution in [3.8, 4) is 11.3 Å². The minimum absolute atomic E-state index is 0.123. The van der Waals surface area contributed by atoms with Gasteiger partial charge in [-0.05, 0) is 79.9 Å². The minimum Gasteiger partial charge on any atom is -0.392 e. The number of amides is 2. The molecule has 7 nitrogen and oxygen atoms in total. The van der Waals surface area contributed by atoms with Crippen LogP contribution in [0.2, 0.25) is 0 Å². The fraction of sp³-hybridized carbons (Fsp3) is 0.467. The first-order valence-corrected chi connectivity index (χ1v) is 13.8. The zero-order valence-corrected chi connectivity index (χ0v) is 21.3. The van der Waals surface area contributed by atoms with E-state index < -0.39 is 6.10 Å². The molecule has 2 heterocycles. The number of hydrogen-bond donors (Lipinski definition) is 4. The zero-order valence-electron chi connectivity index (χ0n) is 21.3. The van der Waals surface area contributed by atoms with Gasteiger partial charge >= 0.3 is 6.03 Å². The van der Waals surface area contributed by atoms with Gasteiger partial charge in [0.1, 0.15) is 5.82 Å². The standard InChI is InChI=1S/C30H34FN5O2/c31-23-8-4-7-22-25-15-32-17-36(25)24(27(22)23)11-26(37)30-12-18-9-19(13-30)28(20(10-18)14-30)33-16-34-29(38)35-21-5-2-1-3-6-21/h1-8,15,17-20,24,26,28,33,37H,9-14,16H2,(H2,34,35,38). The van der Waals surface area contributed by atoms with Crippen LogP contribution in [0.3, 0.4) is 0 Å². The third kappa shape index (κ3) is 3.93. The molecule has 0 spiro atoms. The van der Waals surface area contributed by atoms with Gasteiger partial charge in [-0.1, -0.05) is 30.3 Å². The lowest BCUT2D eigenvalue weighted by Gasteiger charge is -2.61. The van der Waals surface area contributed by atoms with Gasteiger partial charge in [0.05, 0.1) is 37.0 Å². The monoisotopic (exact) mass is 515 g/mol. The molecule has 38 heavy (non-hydrogen) atoms. The normalized spacial score (nSPS) is 31.1. The van der Waals surface area contributed by atoms with E-state index in [1.165, 1.54) is 18.9 Å². The number of benzene rings is 2. The summed E-state index contributed by atoms with van der Waals surface area (Å²) in [6.45, 7) is 0.415. The lowest BCUT2D eigenvalue weighted by atomic mass is 9.46. The summed E-state index contributed by atoms with van der Waals surface area (Å²) in [4.78, 5) is 16.6. The van der Waals surface area contributed by atoms with Crippen molar-refractivity contribution in [3.05, 3.63) is 72.4 Å². The maximum Gasteiger partial charge on any atom is 0.320 e. The van der Waals surface area contributed by atoms with Crippen molar-refractivity contribution >= 4 is 11.7 Å². The number of aromatic nitrogens is 2. The molecule has 4 atom stereocenters. The van der Waals surface area contributed by atoms with Crippen LogP contribution in [0.1, 0.15) is 50.1 Å². The molecule has 4 aliphatic carbocycles. The van der Waals surface area contributed by atoms with E-state index in [1.54, 1.807) is 18.6 Å². The molecule has 0 radical (unpaired) electrons. The van der Waals surface area contributed by atoms with Gasteiger partial charge in [0.2, 0.25) is 0 Å². The maximum absolute atomic E-state index is 15.0. The minimum atomic E-state index is -0.503. The van der Waals surface area contributed by atoms with Crippen LogP contribution < -0.4 is 16.0 Å². The van der Waals surface area contributed by atoms with Crippen molar-refractivity contribution in [2.75, 3.05) is 12.0 Å². The second-order valence-corrected chi connectivity index (χ2v) is 11.9. The van der Waals surface area contributed by atoms with E-state index in [0.29, 0.717) is 42.4 Å². The van der Waals surface area contributed by atoms with Crippen LogP contribution in [0, 0.1) is 29.0 Å². The number of aliphatic hydroxyl groups excluding tert-OH is 1. The van der Waals surface area contributed by atoms with Gasteiger partial charge < -0.3 is 20.3 Å². The average molecular weight is 516 g/mol. The molecular formula is C30H34FN5O2. The molecular weight excluding hydrogens is 481 g/mol.